The summed E-state index contributed by atoms with van der Waals surface area (Å²) in [6, 6.07) is 5.90. The van der Waals surface area contributed by atoms with E-state index < -0.39 is 0 Å². The Morgan fingerprint density at radius 3 is 2.81 bits per heavy atom. The van der Waals surface area contributed by atoms with E-state index >= 15 is 0 Å². The number of aromatic nitrogens is 2. The Labute approximate surface area is 107 Å². The lowest BCUT2D eigenvalue weighted by Gasteiger charge is -2.06. The van der Waals surface area contributed by atoms with Gasteiger partial charge in [0.15, 0.2) is 0 Å². The molecule has 0 aliphatic heterocycles. The summed E-state index contributed by atoms with van der Waals surface area (Å²) in [7, 11) is 0. The second-order valence-corrected chi connectivity index (χ2v) is 4.75. The average molecular weight is 301 g/mol. The number of hydrogen-bond acceptors (Lipinski definition) is 2. The molecule has 2 rings (SSSR count). The van der Waals surface area contributed by atoms with Crippen LogP contribution in [0.3, 0.4) is 0 Å². The molecule has 0 aliphatic rings. The summed E-state index contributed by atoms with van der Waals surface area (Å²) in [6.07, 6.45) is 4.43. The lowest BCUT2D eigenvalue weighted by atomic mass is 10.1. The molecule has 1 aromatic heterocycles. The third-order valence-electron chi connectivity index (χ3n) is 2.24. The van der Waals surface area contributed by atoms with Crippen LogP contribution < -0.4 is 5.73 Å². The number of halogens is 2. The van der Waals surface area contributed by atoms with E-state index in [1.54, 1.807) is 10.9 Å². The zero-order valence-electron chi connectivity index (χ0n) is 8.53. The van der Waals surface area contributed by atoms with Crippen molar-refractivity contribution in [2.75, 3.05) is 6.54 Å². The van der Waals surface area contributed by atoms with Gasteiger partial charge in [-0.3, -0.25) is 0 Å². The van der Waals surface area contributed by atoms with Crippen molar-refractivity contribution >= 4 is 27.5 Å². The van der Waals surface area contributed by atoms with Gasteiger partial charge in [-0.2, -0.15) is 5.10 Å². The van der Waals surface area contributed by atoms with Gasteiger partial charge in [-0.05, 0) is 46.6 Å². The van der Waals surface area contributed by atoms with Crippen LogP contribution in [0.25, 0.3) is 5.69 Å². The molecule has 0 saturated heterocycles. The van der Waals surface area contributed by atoms with Gasteiger partial charge >= 0.3 is 0 Å². The van der Waals surface area contributed by atoms with Crippen molar-refractivity contribution in [2.24, 2.45) is 5.73 Å². The first-order valence-electron chi connectivity index (χ1n) is 4.90. The molecule has 0 unspecified atom stereocenters. The molecule has 0 spiro atoms. The van der Waals surface area contributed by atoms with E-state index in [2.05, 4.69) is 21.0 Å². The summed E-state index contributed by atoms with van der Waals surface area (Å²) in [4.78, 5) is 0. The maximum atomic E-state index is 6.19. The molecule has 1 heterocycles. The van der Waals surface area contributed by atoms with Crippen molar-refractivity contribution in [2.45, 2.75) is 6.42 Å². The molecular weight excluding hydrogens is 289 g/mol. The average Bonchev–Trinajstić information content (AvgIpc) is 2.65. The standard InChI is InChI=1S/C11H11BrClN3/c12-9-6-15-16(7-9)11-2-1-8(3-4-14)5-10(11)13/h1-2,5-7H,3-4,14H2. The topological polar surface area (TPSA) is 43.8 Å². The molecule has 0 fully saturated rings. The summed E-state index contributed by atoms with van der Waals surface area (Å²) in [5.41, 5.74) is 7.51. The molecule has 1 aromatic carbocycles. The number of benzene rings is 1. The van der Waals surface area contributed by atoms with Crippen LogP contribution in [-0.2, 0) is 6.42 Å². The lowest BCUT2D eigenvalue weighted by molar-refractivity contribution is 0.877. The van der Waals surface area contributed by atoms with Crippen LogP contribution in [0.5, 0.6) is 0 Å². The Hall–Kier alpha value is -0.840. The van der Waals surface area contributed by atoms with E-state index in [-0.39, 0.29) is 0 Å². The van der Waals surface area contributed by atoms with Gasteiger partial charge in [-0.15, -0.1) is 0 Å². The molecule has 0 aliphatic carbocycles. The molecule has 0 amide bonds. The van der Waals surface area contributed by atoms with Gasteiger partial charge < -0.3 is 5.73 Å². The molecule has 2 aromatic rings. The quantitative estimate of drug-likeness (QED) is 0.947. The fraction of sp³-hybridized carbons (Fsp3) is 0.182. The van der Waals surface area contributed by atoms with Gasteiger partial charge in [0, 0.05) is 6.20 Å². The Bertz CT molecular complexity index is 496. The molecule has 0 atom stereocenters. The molecule has 0 bridgehead atoms. The number of rotatable bonds is 3. The minimum Gasteiger partial charge on any atom is -0.330 e. The maximum Gasteiger partial charge on any atom is 0.0832 e. The van der Waals surface area contributed by atoms with Gasteiger partial charge in [0.2, 0.25) is 0 Å². The minimum atomic E-state index is 0.628. The highest BCUT2D eigenvalue weighted by molar-refractivity contribution is 9.10. The van der Waals surface area contributed by atoms with Gasteiger partial charge in [0.25, 0.3) is 0 Å². The van der Waals surface area contributed by atoms with Crippen molar-refractivity contribution in [1.29, 1.82) is 0 Å². The van der Waals surface area contributed by atoms with Gasteiger partial charge in [0.1, 0.15) is 0 Å². The van der Waals surface area contributed by atoms with E-state index in [0.717, 1.165) is 22.1 Å². The van der Waals surface area contributed by atoms with Crippen molar-refractivity contribution in [3.8, 4) is 5.69 Å². The van der Waals surface area contributed by atoms with Gasteiger partial charge in [-0.25, -0.2) is 4.68 Å². The third kappa shape index (κ3) is 2.45. The van der Waals surface area contributed by atoms with Crippen LogP contribution in [0, 0.1) is 0 Å². The Balaban J connectivity index is 2.36. The Morgan fingerprint density at radius 2 is 2.25 bits per heavy atom. The molecule has 2 N–H and O–H groups in total. The van der Waals surface area contributed by atoms with Crippen molar-refractivity contribution in [3.63, 3.8) is 0 Å². The minimum absolute atomic E-state index is 0.628. The second-order valence-electron chi connectivity index (χ2n) is 3.43. The normalized spacial score (nSPS) is 10.7. The first-order chi connectivity index (χ1) is 7.70. The summed E-state index contributed by atoms with van der Waals surface area (Å²) < 4.78 is 2.66. The number of hydrogen-bond donors (Lipinski definition) is 1. The molecule has 3 nitrogen and oxygen atoms in total. The van der Waals surface area contributed by atoms with Crippen molar-refractivity contribution in [1.82, 2.24) is 9.78 Å². The van der Waals surface area contributed by atoms with E-state index in [9.17, 15) is 0 Å². The second kappa shape index (κ2) is 4.99. The van der Waals surface area contributed by atoms with Crippen LogP contribution in [-0.4, -0.2) is 16.3 Å². The van der Waals surface area contributed by atoms with Gasteiger partial charge in [-0.1, -0.05) is 17.7 Å². The van der Waals surface area contributed by atoms with Crippen LogP contribution >= 0.6 is 27.5 Å². The highest BCUT2D eigenvalue weighted by Gasteiger charge is 2.05. The summed E-state index contributed by atoms with van der Waals surface area (Å²) in [5.74, 6) is 0. The molecule has 5 heteroatoms. The lowest BCUT2D eigenvalue weighted by Crippen LogP contribution is -2.03. The molecule has 16 heavy (non-hydrogen) atoms. The van der Waals surface area contributed by atoms with Crippen molar-refractivity contribution in [3.05, 3.63) is 45.7 Å². The van der Waals surface area contributed by atoms with E-state index in [1.165, 1.54) is 0 Å². The van der Waals surface area contributed by atoms with Crippen LogP contribution in [0.1, 0.15) is 5.56 Å². The zero-order valence-corrected chi connectivity index (χ0v) is 10.9. The largest absolute Gasteiger partial charge is 0.330 e. The van der Waals surface area contributed by atoms with Crippen LogP contribution in [0.15, 0.2) is 35.1 Å². The molecule has 84 valence electrons. The summed E-state index contributed by atoms with van der Waals surface area (Å²) >= 11 is 9.54. The Kier molecular flexibility index (Phi) is 3.63. The summed E-state index contributed by atoms with van der Waals surface area (Å²) in [6.45, 7) is 0.628. The number of nitrogens with zero attached hydrogens (tertiary/aromatic N) is 2. The smallest absolute Gasteiger partial charge is 0.0832 e. The fourth-order valence-corrected chi connectivity index (χ4v) is 2.07. The molecular formula is C11H11BrClN3. The number of nitrogens with two attached hydrogens (primary N) is 1. The van der Waals surface area contributed by atoms with E-state index in [4.69, 9.17) is 17.3 Å². The molecule has 0 radical (unpaired) electrons. The highest BCUT2D eigenvalue weighted by atomic mass is 79.9. The first-order valence-corrected chi connectivity index (χ1v) is 6.07. The predicted molar refractivity (Wildman–Crippen MR) is 69.0 cm³/mol. The third-order valence-corrected chi connectivity index (χ3v) is 2.96. The maximum absolute atomic E-state index is 6.19. The monoisotopic (exact) mass is 299 g/mol. The zero-order chi connectivity index (χ0) is 11.5. The van der Waals surface area contributed by atoms with Crippen LogP contribution in [0.4, 0.5) is 0 Å². The van der Waals surface area contributed by atoms with E-state index in [0.29, 0.717) is 11.6 Å². The first kappa shape index (κ1) is 11.6. The van der Waals surface area contributed by atoms with Crippen LogP contribution in [0.2, 0.25) is 5.02 Å². The van der Waals surface area contributed by atoms with Crippen molar-refractivity contribution < 1.29 is 0 Å². The van der Waals surface area contributed by atoms with Gasteiger partial charge in [0.05, 0.1) is 21.4 Å². The predicted octanol–water partition coefficient (Wildman–Crippen LogP) is 2.79. The highest BCUT2D eigenvalue weighted by Crippen LogP contribution is 2.22. The molecule has 0 saturated carbocycles. The van der Waals surface area contributed by atoms with E-state index in [1.807, 2.05) is 24.4 Å². The SMILES string of the molecule is NCCc1ccc(-n2cc(Br)cn2)c(Cl)c1. The summed E-state index contributed by atoms with van der Waals surface area (Å²) in [5, 5.41) is 4.87. The fourth-order valence-electron chi connectivity index (χ4n) is 1.49. The Morgan fingerprint density at radius 1 is 1.44 bits per heavy atom.